The van der Waals surface area contributed by atoms with Crippen molar-refractivity contribution < 1.29 is 9.59 Å². The summed E-state index contributed by atoms with van der Waals surface area (Å²) in [5.41, 5.74) is 3.19. The highest BCUT2D eigenvalue weighted by Gasteiger charge is 2.27. The van der Waals surface area contributed by atoms with Crippen molar-refractivity contribution in [1.29, 1.82) is 0 Å². The molecule has 0 radical (unpaired) electrons. The Morgan fingerprint density at radius 3 is 2.55 bits per heavy atom. The SMILES string of the molecule is CCCC(=O)N1CCC(C(=O)Nc2cccc(C)c2C)CC1. The van der Waals surface area contributed by atoms with E-state index in [1.165, 1.54) is 5.56 Å². The average Bonchev–Trinajstić information content (AvgIpc) is 2.52. The van der Waals surface area contributed by atoms with Gasteiger partial charge >= 0.3 is 0 Å². The number of amides is 2. The van der Waals surface area contributed by atoms with Gasteiger partial charge in [0, 0.05) is 31.1 Å². The van der Waals surface area contributed by atoms with E-state index < -0.39 is 0 Å². The van der Waals surface area contributed by atoms with Gasteiger partial charge in [0.05, 0.1) is 0 Å². The summed E-state index contributed by atoms with van der Waals surface area (Å²) in [5.74, 6) is 0.303. The molecular weight excluding hydrogens is 276 g/mol. The van der Waals surface area contributed by atoms with Crippen LogP contribution in [0, 0.1) is 19.8 Å². The van der Waals surface area contributed by atoms with Crippen LogP contribution < -0.4 is 5.32 Å². The van der Waals surface area contributed by atoms with E-state index in [0.717, 1.165) is 30.5 Å². The standard InChI is InChI=1S/C18H26N2O2/c1-4-6-17(21)20-11-9-15(10-12-20)18(22)19-16-8-5-7-13(2)14(16)3/h5,7-8,15H,4,6,9-12H2,1-3H3,(H,19,22). The summed E-state index contributed by atoms with van der Waals surface area (Å²) in [7, 11) is 0. The summed E-state index contributed by atoms with van der Waals surface area (Å²) >= 11 is 0. The van der Waals surface area contributed by atoms with E-state index in [9.17, 15) is 9.59 Å². The molecule has 0 saturated carbocycles. The average molecular weight is 302 g/mol. The summed E-state index contributed by atoms with van der Waals surface area (Å²) in [6.45, 7) is 7.48. The second-order valence-electron chi connectivity index (χ2n) is 6.14. The number of hydrogen-bond acceptors (Lipinski definition) is 2. The highest BCUT2D eigenvalue weighted by molar-refractivity contribution is 5.93. The van der Waals surface area contributed by atoms with Crippen molar-refractivity contribution in [2.45, 2.75) is 46.5 Å². The van der Waals surface area contributed by atoms with Crippen LogP contribution in [0.5, 0.6) is 0 Å². The number of nitrogens with zero attached hydrogens (tertiary/aromatic N) is 1. The van der Waals surface area contributed by atoms with E-state index in [1.807, 2.05) is 43.9 Å². The molecule has 1 aromatic rings. The number of carbonyl (C=O) groups is 2. The van der Waals surface area contributed by atoms with Crippen LogP contribution in [-0.2, 0) is 9.59 Å². The van der Waals surface area contributed by atoms with Crippen LogP contribution >= 0.6 is 0 Å². The Bertz CT molecular complexity index is 546. The van der Waals surface area contributed by atoms with Gasteiger partial charge in [0.2, 0.25) is 11.8 Å². The van der Waals surface area contributed by atoms with Gasteiger partial charge in [-0.05, 0) is 50.3 Å². The van der Waals surface area contributed by atoms with Crippen molar-refractivity contribution in [3.05, 3.63) is 29.3 Å². The van der Waals surface area contributed by atoms with Crippen molar-refractivity contribution in [1.82, 2.24) is 4.90 Å². The Labute approximate surface area is 132 Å². The van der Waals surface area contributed by atoms with E-state index in [2.05, 4.69) is 5.32 Å². The third-order valence-corrected chi connectivity index (χ3v) is 4.54. The first-order valence-corrected chi connectivity index (χ1v) is 8.17. The lowest BCUT2D eigenvalue weighted by atomic mass is 9.95. The number of hydrogen-bond donors (Lipinski definition) is 1. The molecule has 1 N–H and O–H groups in total. The van der Waals surface area contributed by atoms with Gasteiger partial charge in [-0.1, -0.05) is 19.1 Å². The Hall–Kier alpha value is -1.84. The number of benzene rings is 1. The molecule has 22 heavy (non-hydrogen) atoms. The number of carbonyl (C=O) groups excluding carboxylic acids is 2. The number of anilines is 1. The molecule has 4 heteroatoms. The molecule has 2 rings (SSSR count). The molecule has 0 aliphatic carbocycles. The molecule has 1 fully saturated rings. The lowest BCUT2D eigenvalue weighted by Crippen LogP contribution is -2.41. The quantitative estimate of drug-likeness (QED) is 0.928. The smallest absolute Gasteiger partial charge is 0.227 e. The number of piperidine rings is 1. The lowest BCUT2D eigenvalue weighted by molar-refractivity contribution is -0.134. The second-order valence-corrected chi connectivity index (χ2v) is 6.14. The molecule has 1 aromatic carbocycles. The monoisotopic (exact) mass is 302 g/mol. The van der Waals surface area contributed by atoms with Gasteiger partial charge in [-0.15, -0.1) is 0 Å². The van der Waals surface area contributed by atoms with Gasteiger partial charge in [-0.25, -0.2) is 0 Å². The molecule has 4 nitrogen and oxygen atoms in total. The highest BCUT2D eigenvalue weighted by Crippen LogP contribution is 2.23. The first-order valence-electron chi connectivity index (χ1n) is 8.17. The number of nitrogens with one attached hydrogen (secondary N) is 1. The van der Waals surface area contributed by atoms with Crippen molar-refractivity contribution >= 4 is 17.5 Å². The van der Waals surface area contributed by atoms with Crippen molar-refractivity contribution in [3.8, 4) is 0 Å². The minimum Gasteiger partial charge on any atom is -0.343 e. The van der Waals surface area contributed by atoms with E-state index in [4.69, 9.17) is 0 Å². The molecule has 1 aliphatic rings. The van der Waals surface area contributed by atoms with Gasteiger partial charge in [0.15, 0.2) is 0 Å². The number of likely N-dealkylation sites (tertiary alicyclic amines) is 1. The fourth-order valence-electron chi connectivity index (χ4n) is 2.88. The third kappa shape index (κ3) is 3.87. The Morgan fingerprint density at radius 1 is 1.23 bits per heavy atom. The summed E-state index contributed by atoms with van der Waals surface area (Å²) in [6, 6.07) is 5.95. The zero-order valence-corrected chi connectivity index (χ0v) is 13.8. The Balaban J connectivity index is 1.90. The van der Waals surface area contributed by atoms with E-state index >= 15 is 0 Å². The molecule has 1 saturated heterocycles. The molecule has 0 bridgehead atoms. The summed E-state index contributed by atoms with van der Waals surface area (Å²) in [4.78, 5) is 26.2. The first-order chi connectivity index (χ1) is 10.5. The summed E-state index contributed by atoms with van der Waals surface area (Å²) in [6.07, 6.45) is 3.00. The van der Waals surface area contributed by atoms with Crippen LogP contribution in [0.4, 0.5) is 5.69 Å². The molecule has 1 aliphatic heterocycles. The van der Waals surface area contributed by atoms with Crippen LogP contribution in [0.2, 0.25) is 0 Å². The van der Waals surface area contributed by atoms with Gasteiger partial charge in [-0.2, -0.15) is 0 Å². The van der Waals surface area contributed by atoms with Gasteiger partial charge in [0.25, 0.3) is 0 Å². The van der Waals surface area contributed by atoms with Crippen LogP contribution in [0.15, 0.2) is 18.2 Å². The Kier molecular flexibility index (Phi) is 5.58. The van der Waals surface area contributed by atoms with Crippen molar-refractivity contribution in [2.24, 2.45) is 5.92 Å². The molecule has 2 amide bonds. The minimum absolute atomic E-state index is 0.00517. The van der Waals surface area contributed by atoms with Crippen LogP contribution in [0.1, 0.15) is 43.7 Å². The fraction of sp³-hybridized carbons (Fsp3) is 0.556. The molecule has 1 heterocycles. The summed E-state index contributed by atoms with van der Waals surface area (Å²) in [5, 5.41) is 3.05. The maximum Gasteiger partial charge on any atom is 0.227 e. The fourth-order valence-corrected chi connectivity index (χ4v) is 2.88. The van der Waals surface area contributed by atoms with Gasteiger partial charge in [-0.3, -0.25) is 9.59 Å². The van der Waals surface area contributed by atoms with E-state index in [-0.39, 0.29) is 17.7 Å². The molecular formula is C18H26N2O2. The van der Waals surface area contributed by atoms with Gasteiger partial charge < -0.3 is 10.2 Å². The normalized spacial score (nSPS) is 15.7. The molecule has 0 atom stereocenters. The molecule has 0 aromatic heterocycles. The molecule has 0 spiro atoms. The second kappa shape index (κ2) is 7.43. The minimum atomic E-state index is 0.00517. The molecule has 0 unspecified atom stereocenters. The summed E-state index contributed by atoms with van der Waals surface area (Å²) < 4.78 is 0. The van der Waals surface area contributed by atoms with E-state index in [0.29, 0.717) is 19.5 Å². The van der Waals surface area contributed by atoms with Crippen LogP contribution in [0.25, 0.3) is 0 Å². The Morgan fingerprint density at radius 2 is 1.91 bits per heavy atom. The van der Waals surface area contributed by atoms with Crippen LogP contribution in [0.3, 0.4) is 0 Å². The zero-order valence-electron chi connectivity index (χ0n) is 13.8. The first kappa shape index (κ1) is 16.5. The van der Waals surface area contributed by atoms with Crippen molar-refractivity contribution in [3.63, 3.8) is 0 Å². The maximum absolute atomic E-state index is 12.4. The number of rotatable bonds is 4. The zero-order chi connectivity index (χ0) is 16.1. The number of aryl methyl sites for hydroxylation is 1. The van der Waals surface area contributed by atoms with E-state index in [1.54, 1.807) is 0 Å². The van der Waals surface area contributed by atoms with Crippen LogP contribution in [-0.4, -0.2) is 29.8 Å². The largest absolute Gasteiger partial charge is 0.343 e. The maximum atomic E-state index is 12.4. The van der Waals surface area contributed by atoms with Gasteiger partial charge in [0.1, 0.15) is 0 Å². The predicted molar refractivity (Wildman–Crippen MR) is 88.8 cm³/mol. The highest BCUT2D eigenvalue weighted by atomic mass is 16.2. The third-order valence-electron chi connectivity index (χ3n) is 4.54. The molecule has 120 valence electrons. The lowest BCUT2D eigenvalue weighted by Gasteiger charge is -2.31. The topological polar surface area (TPSA) is 49.4 Å². The predicted octanol–water partition coefficient (Wildman–Crippen LogP) is 3.28. The van der Waals surface area contributed by atoms with Crippen molar-refractivity contribution in [2.75, 3.05) is 18.4 Å².